The lowest BCUT2D eigenvalue weighted by Crippen LogP contribution is -2.43. The number of carbonyl (C=O) groups is 1. The molecule has 4 rings (SSSR count). The Bertz CT molecular complexity index is 1240. The topological polar surface area (TPSA) is 66.5 Å². The van der Waals surface area contributed by atoms with Gasteiger partial charge in [-0.3, -0.25) is 9.10 Å². The molecule has 5 nitrogen and oxygen atoms in total. The quantitative estimate of drug-likeness (QED) is 0.540. The number of carbonyl (C=O) groups excluding carboxylic acids is 1. The molecule has 3 aromatic rings. The van der Waals surface area contributed by atoms with Gasteiger partial charge in [-0.2, -0.15) is 0 Å². The number of nitrogens with zero attached hydrogens (tertiary/aromatic N) is 1. The van der Waals surface area contributed by atoms with Gasteiger partial charge in [0.25, 0.3) is 10.0 Å². The van der Waals surface area contributed by atoms with Crippen molar-refractivity contribution in [1.82, 2.24) is 5.32 Å². The summed E-state index contributed by atoms with van der Waals surface area (Å²) in [5.74, 6) is -0.307. The smallest absolute Gasteiger partial charge is 0.264 e. The third kappa shape index (κ3) is 4.96. The van der Waals surface area contributed by atoms with Crippen LogP contribution in [0, 0.1) is 6.92 Å². The normalized spacial score (nSPS) is 15.5. The molecule has 1 aliphatic carbocycles. The fourth-order valence-electron chi connectivity index (χ4n) is 4.46. The van der Waals surface area contributed by atoms with Crippen LogP contribution < -0.4 is 9.62 Å². The van der Waals surface area contributed by atoms with E-state index in [4.69, 9.17) is 0 Å². The Kier molecular flexibility index (Phi) is 6.84. The molecular weight excluding hydrogens is 432 g/mol. The van der Waals surface area contributed by atoms with Crippen LogP contribution in [0.3, 0.4) is 0 Å². The van der Waals surface area contributed by atoms with Crippen molar-refractivity contribution in [3.63, 3.8) is 0 Å². The number of hydrogen-bond acceptors (Lipinski definition) is 3. The fraction of sp³-hybridized carbons (Fsp3) is 0.296. The highest BCUT2D eigenvalue weighted by atomic mass is 32.2. The van der Waals surface area contributed by atoms with Gasteiger partial charge in [-0.15, -0.1) is 0 Å². The molecule has 0 heterocycles. The molecule has 6 heteroatoms. The van der Waals surface area contributed by atoms with E-state index >= 15 is 0 Å². The number of rotatable bonds is 7. The van der Waals surface area contributed by atoms with E-state index < -0.39 is 10.0 Å². The van der Waals surface area contributed by atoms with Crippen LogP contribution in [0.1, 0.15) is 48.1 Å². The molecule has 0 aromatic heterocycles. The lowest BCUT2D eigenvalue weighted by molar-refractivity contribution is -0.120. The first-order valence-electron chi connectivity index (χ1n) is 11.4. The second kappa shape index (κ2) is 9.79. The van der Waals surface area contributed by atoms with Gasteiger partial charge in [0.15, 0.2) is 0 Å². The minimum absolute atomic E-state index is 0.104. The van der Waals surface area contributed by atoms with Crippen LogP contribution in [0.25, 0.3) is 0 Å². The molecule has 1 N–H and O–H groups in total. The van der Waals surface area contributed by atoms with Crippen molar-refractivity contribution in [1.29, 1.82) is 0 Å². The Morgan fingerprint density at radius 1 is 1.00 bits per heavy atom. The molecule has 0 fully saturated rings. The highest BCUT2D eigenvalue weighted by molar-refractivity contribution is 7.92. The molecule has 0 aliphatic heterocycles. The Morgan fingerprint density at radius 2 is 1.70 bits per heavy atom. The second-order valence-corrected chi connectivity index (χ2v) is 10.4. The molecule has 0 bridgehead atoms. The van der Waals surface area contributed by atoms with Gasteiger partial charge >= 0.3 is 0 Å². The molecule has 1 amide bonds. The van der Waals surface area contributed by atoms with E-state index in [1.165, 1.54) is 9.87 Å². The van der Waals surface area contributed by atoms with E-state index in [1.807, 2.05) is 44.2 Å². The van der Waals surface area contributed by atoms with Crippen LogP contribution in [0.15, 0.2) is 77.7 Å². The van der Waals surface area contributed by atoms with Gasteiger partial charge in [-0.05, 0) is 67.5 Å². The lowest BCUT2D eigenvalue weighted by Gasteiger charge is -2.29. The fourth-order valence-corrected chi connectivity index (χ4v) is 5.92. The lowest BCUT2D eigenvalue weighted by atomic mass is 9.88. The Hall–Kier alpha value is -3.12. The standard InChI is InChI=1S/C27H30N2O3S/c1-3-21-9-5-7-14-26(21)29(33(31,32)23-17-15-20(2)16-18-23)19-27(30)28-25-13-8-11-22-10-4-6-12-24(22)25/h4-7,9-10,12,14-18,25H,3,8,11,13,19H2,1-2H3,(H,28,30). The number of hydrogen-bond donors (Lipinski definition) is 1. The maximum atomic E-state index is 13.7. The Morgan fingerprint density at radius 3 is 2.45 bits per heavy atom. The molecule has 0 saturated carbocycles. The summed E-state index contributed by atoms with van der Waals surface area (Å²) in [6, 6.07) is 22.2. The maximum Gasteiger partial charge on any atom is 0.264 e. The van der Waals surface area contributed by atoms with E-state index in [0.29, 0.717) is 12.1 Å². The molecule has 1 aliphatic rings. The first-order chi connectivity index (χ1) is 15.9. The Balaban J connectivity index is 1.66. The minimum atomic E-state index is -3.93. The molecular formula is C27H30N2O3S. The second-order valence-electron chi connectivity index (χ2n) is 8.52. The zero-order valence-electron chi connectivity index (χ0n) is 19.1. The highest BCUT2D eigenvalue weighted by Crippen LogP contribution is 2.31. The van der Waals surface area contributed by atoms with E-state index in [0.717, 1.165) is 36.0 Å². The monoisotopic (exact) mass is 462 g/mol. The molecule has 172 valence electrons. The van der Waals surface area contributed by atoms with E-state index in [-0.39, 0.29) is 23.4 Å². The van der Waals surface area contributed by atoms with Gasteiger partial charge in [0.2, 0.25) is 5.91 Å². The predicted molar refractivity (Wildman–Crippen MR) is 132 cm³/mol. The maximum absolute atomic E-state index is 13.7. The summed E-state index contributed by atoms with van der Waals surface area (Å²) in [6.45, 7) is 3.62. The summed E-state index contributed by atoms with van der Waals surface area (Å²) >= 11 is 0. The van der Waals surface area contributed by atoms with Crippen molar-refractivity contribution >= 4 is 21.6 Å². The van der Waals surface area contributed by atoms with E-state index in [2.05, 4.69) is 11.4 Å². The van der Waals surface area contributed by atoms with E-state index in [1.54, 1.807) is 36.4 Å². The number of sulfonamides is 1. The summed E-state index contributed by atoms with van der Waals surface area (Å²) in [4.78, 5) is 13.4. The summed E-state index contributed by atoms with van der Waals surface area (Å²) in [7, 11) is -3.93. The number of nitrogens with one attached hydrogen (secondary N) is 1. The molecule has 0 saturated heterocycles. The van der Waals surface area contributed by atoms with Gasteiger partial charge in [0.05, 0.1) is 16.6 Å². The number of para-hydroxylation sites is 1. The van der Waals surface area contributed by atoms with Gasteiger partial charge < -0.3 is 5.32 Å². The first kappa shape index (κ1) is 23.1. The van der Waals surface area contributed by atoms with Gasteiger partial charge in [0, 0.05) is 0 Å². The van der Waals surface area contributed by atoms with Gasteiger partial charge in [-0.1, -0.05) is 67.1 Å². The molecule has 1 unspecified atom stereocenters. The highest BCUT2D eigenvalue weighted by Gasteiger charge is 2.30. The number of anilines is 1. The van der Waals surface area contributed by atoms with Crippen molar-refractivity contribution in [3.05, 3.63) is 95.1 Å². The zero-order valence-corrected chi connectivity index (χ0v) is 19.9. The van der Waals surface area contributed by atoms with Gasteiger partial charge in [-0.25, -0.2) is 8.42 Å². The summed E-state index contributed by atoms with van der Waals surface area (Å²) in [5.41, 5.74) is 4.76. The number of aryl methyl sites for hydroxylation is 3. The third-order valence-corrected chi connectivity index (χ3v) is 8.02. The number of benzene rings is 3. The van der Waals surface area contributed by atoms with Crippen molar-refractivity contribution in [2.45, 2.75) is 50.5 Å². The van der Waals surface area contributed by atoms with Gasteiger partial charge in [0.1, 0.15) is 6.54 Å². The van der Waals surface area contributed by atoms with Crippen molar-refractivity contribution in [2.24, 2.45) is 0 Å². The molecule has 3 aromatic carbocycles. The van der Waals surface area contributed by atoms with Crippen molar-refractivity contribution in [3.8, 4) is 0 Å². The summed E-state index contributed by atoms with van der Waals surface area (Å²) < 4.78 is 28.6. The minimum Gasteiger partial charge on any atom is -0.348 e. The molecule has 33 heavy (non-hydrogen) atoms. The molecule has 0 spiro atoms. The van der Waals surface area contributed by atoms with Crippen LogP contribution in [0.2, 0.25) is 0 Å². The van der Waals surface area contributed by atoms with Crippen LogP contribution >= 0.6 is 0 Å². The van der Waals surface area contributed by atoms with E-state index in [9.17, 15) is 13.2 Å². The van der Waals surface area contributed by atoms with Crippen LogP contribution in [0.5, 0.6) is 0 Å². The van der Waals surface area contributed by atoms with Crippen LogP contribution in [-0.2, 0) is 27.7 Å². The third-order valence-electron chi connectivity index (χ3n) is 6.24. The first-order valence-corrected chi connectivity index (χ1v) is 12.9. The van der Waals surface area contributed by atoms with Crippen molar-refractivity contribution < 1.29 is 13.2 Å². The Labute approximate surface area is 196 Å². The summed E-state index contributed by atoms with van der Waals surface area (Å²) in [6.07, 6.45) is 3.50. The zero-order chi connectivity index (χ0) is 23.4. The average molecular weight is 463 g/mol. The molecule has 1 atom stereocenters. The predicted octanol–water partition coefficient (Wildman–Crippen LogP) is 4.95. The number of fused-ring (bicyclic) bond motifs is 1. The number of amides is 1. The van der Waals surface area contributed by atoms with Crippen molar-refractivity contribution in [2.75, 3.05) is 10.8 Å². The largest absolute Gasteiger partial charge is 0.348 e. The average Bonchev–Trinajstić information content (AvgIpc) is 2.83. The van der Waals surface area contributed by atoms with Crippen LogP contribution in [0.4, 0.5) is 5.69 Å². The summed E-state index contributed by atoms with van der Waals surface area (Å²) in [5, 5.41) is 3.10. The SMILES string of the molecule is CCc1ccccc1N(CC(=O)NC1CCCc2ccccc21)S(=O)(=O)c1ccc(C)cc1. The molecule has 0 radical (unpaired) electrons. The van der Waals surface area contributed by atoms with Crippen LogP contribution in [-0.4, -0.2) is 20.9 Å².